The summed E-state index contributed by atoms with van der Waals surface area (Å²) in [5.41, 5.74) is 7.64. The van der Waals surface area contributed by atoms with E-state index in [0.29, 0.717) is 29.1 Å². The Morgan fingerprint density at radius 2 is 1.74 bits per heavy atom. The van der Waals surface area contributed by atoms with Crippen LogP contribution in [0.3, 0.4) is 0 Å². The number of pyridine rings is 1. The van der Waals surface area contributed by atoms with E-state index in [9.17, 15) is 0 Å². The van der Waals surface area contributed by atoms with Gasteiger partial charge in [0, 0.05) is 36.1 Å². The Morgan fingerprint density at radius 1 is 0.974 bits per heavy atom. The summed E-state index contributed by atoms with van der Waals surface area (Å²) in [7, 11) is 1.64. The molecule has 0 unspecified atom stereocenters. The predicted molar refractivity (Wildman–Crippen MR) is 157 cm³/mol. The molecule has 5 rings (SSSR count). The molecule has 2 aromatic carbocycles. The molecule has 6 nitrogen and oxygen atoms in total. The van der Waals surface area contributed by atoms with Crippen molar-refractivity contribution in [2.45, 2.75) is 32.9 Å². The molecule has 1 fully saturated rings. The molecule has 38 heavy (non-hydrogen) atoms. The van der Waals surface area contributed by atoms with Gasteiger partial charge in [0.25, 0.3) is 0 Å². The van der Waals surface area contributed by atoms with Crippen molar-refractivity contribution in [2.75, 3.05) is 25.2 Å². The van der Waals surface area contributed by atoms with E-state index in [1.54, 1.807) is 7.11 Å². The predicted octanol–water partition coefficient (Wildman–Crippen LogP) is 6.65. The lowest BCUT2D eigenvalue weighted by Gasteiger charge is -2.28. The number of aryl methyl sites for hydroxylation is 2. The van der Waals surface area contributed by atoms with Gasteiger partial charge in [-0.1, -0.05) is 35.4 Å². The van der Waals surface area contributed by atoms with Crippen LogP contribution >= 0.6 is 23.8 Å². The Kier molecular flexibility index (Phi) is 7.70. The maximum atomic E-state index is 6.66. The Labute approximate surface area is 234 Å². The van der Waals surface area contributed by atoms with E-state index in [2.05, 4.69) is 70.9 Å². The summed E-state index contributed by atoms with van der Waals surface area (Å²) in [5.74, 6) is 0.612. The average Bonchev–Trinajstić information content (AvgIpc) is 3.41. The van der Waals surface area contributed by atoms with Gasteiger partial charge in [-0.05, 0) is 87.1 Å². The highest BCUT2D eigenvalue weighted by Gasteiger charge is 2.42. The number of nitrogens with zero attached hydrogens (tertiary/aromatic N) is 3. The number of rotatable bonds is 8. The summed E-state index contributed by atoms with van der Waals surface area (Å²) >= 11 is 12.6. The minimum atomic E-state index is -0.146. The number of benzene rings is 2. The van der Waals surface area contributed by atoms with Crippen molar-refractivity contribution in [2.24, 2.45) is 0 Å². The average molecular weight is 547 g/mol. The Morgan fingerprint density at radius 3 is 2.42 bits per heavy atom. The van der Waals surface area contributed by atoms with Gasteiger partial charge in [0.05, 0.1) is 29.4 Å². The molecule has 0 amide bonds. The number of methoxy groups -OCH3 is 1. The number of halogens is 1. The molecule has 8 heteroatoms. The SMILES string of the molecule is COCCOc1ccc(N2C(=S)N[C@@H](c3ccccn3)[C@H]2c2cc(C)n(-c3ccc(C)cc3)c2C)cc1Cl. The summed E-state index contributed by atoms with van der Waals surface area (Å²) in [5, 5.41) is 4.68. The third-order valence-electron chi connectivity index (χ3n) is 6.92. The number of aromatic nitrogens is 2. The second kappa shape index (κ2) is 11.2. The molecular weight excluding hydrogens is 516 g/mol. The van der Waals surface area contributed by atoms with Crippen LogP contribution < -0.4 is 15.0 Å². The van der Waals surface area contributed by atoms with Crippen LogP contribution in [-0.4, -0.2) is 35.0 Å². The molecule has 2 aromatic heterocycles. The van der Waals surface area contributed by atoms with Crippen LogP contribution in [-0.2, 0) is 4.74 Å². The van der Waals surface area contributed by atoms with Crippen LogP contribution in [0.5, 0.6) is 5.75 Å². The van der Waals surface area contributed by atoms with E-state index >= 15 is 0 Å². The number of ether oxygens (including phenoxy) is 2. The fraction of sp³-hybridized carbons (Fsp3) is 0.267. The largest absolute Gasteiger partial charge is 0.490 e. The first-order chi connectivity index (χ1) is 18.4. The first-order valence-electron chi connectivity index (χ1n) is 12.6. The third kappa shape index (κ3) is 5.01. The van der Waals surface area contributed by atoms with E-state index in [1.807, 2.05) is 42.6 Å². The molecule has 1 aliphatic heterocycles. The zero-order chi connectivity index (χ0) is 26.8. The van der Waals surface area contributed by atoms with Crippen molar-refractivity contribution in [3.05, 3.63) is 106 Å². The first-order valence-corrected chi connectivity index (χ1v) is 13.4. The quantitative estimate of drug-likeness (QED) is 0.197. The number of hydrogen-bond donors (Lipinski definition) is 1. The molecule has 3 heterocycles. The highest BCUT2D eigenvalue weighted by Crippen LogP contribution is 2.45. The Hall–Kier alpha value is -3.39. The van der Waals surface area contributed by atoms with Crippen molar-refractivity contribution in [3.8, 4) is 11.4 Å². The van der Waals surface area contributed by atoms with Crippen molar-refractivity contribution < 1.29 is 9.47 Å². The van der Waals surface area contributed by atoms with E-state index in [4.69, 9.17) is 33.3 Å². The second-order valence-electron chi connectivity index (χ2n) is 9.45. The van der Waals surface area contributed by atoms with Crippen LogP contribution in [0.15, 0.2) is 72.9 Å². The third-order valence-corrected chi connectivity index (χ3v) is 7.53. The fourth-order valence-electron chi connectivity index (χ4n) is 5.12. The van der Waals surface area contributed by atoms with E-state index in [0.717, 1.165) is 28.5 Å². The number of thiocarbonyl (C=S) groups is 1. The van der Waals surface area contributed by atoms with Gasteiger partial charge >= 0.3 is 0 Å². The molecule has 1 aliphatic rings. The van der Waals surface area contributed by atoms with Crippen LogP contribution in [0.25, 0.3) is 5.69 Å². The first kappa shape index (κ1) is 26.2. The molecule has 0 saturated carbocycles. The lowest BCUT2D eigenvalue weighted by molar-refractivity contribution is 0.146. The molecule has 0 aliphatic carbocycles. The molecule has 196 valence electrons. The van der Waals surface area contributed by atoms with E-state index in [-0.39, 0.29) is 12.1 Å². The van der Waals surface area contributed by atoms with Gasteiger partial charge in [-0.3, -0.25) is 4.98 Å². The fourth-order valence-corrected chi connectivity index (χ4v) is 5.69. The molecule has 1 N–H and O–H groups in total. The van der Waals surface area contributed by atoms with Crippen LogP contribution in [0, 0.1) is 20.8 Å². The summed E-state index contributed by atoms with van der Waals surface area (Å²) in [6.45, 7) is 7.32. The molecule has 0 radical (unpaired) electrons. The van der Waals surface area contributed by atoms with Gasteiger partial charge in [-0.25, -0.2) is 0 Å². The second-order valence-corrected chi connectivity index (χ2v) is 10.2. The number of anilines is 1. The summed E-state index contributed by atoms with van der Waals surface area (Å²) in [6, 6.07) is 22.3. The van der Waals surface area contributed by atoms with E-state index < -0.39 is 0 Å². The Bertz CT molecular complexity index is 1440. The number of hydrogen-bond acceptors (Lipinski definition) is 4. The van der Waals surface area contributed by atoms with Gasteiger partial charge < -0.3 is 24.3 Å². The summed E-state index contributed by atoms with van der Waals surface area (Å²) < 4.78 is 13.2. The van der Waals surface area contributed by atoms with Crippen molar-refractivity contribution >= 4 is 34.6 Å². The molecule has 0 spiro atoms. The Balaban J connectivity index is 1.60. The lowest BCUT2D eigenvalue weighted by Crippen LogP contribution is -2.29. The zero-order valence-electron chi connectivity index (χ0n) is 21.9. The molecule has 4 aromatic rings. The molecule has 2 atom stereocenters. The highest BCUT2D eigenvalue weighted by molar-refractivity contribution is 7.80. The van der Waals surface area contributed by atoms with Crippen LogP contribution in [0.1, 0.15) is 40.3 Å². The van der Waals surface area contributed by atoms with Gasteiger partial charge in [0.2, 0.25) is 0 Å². The maximum Gasteiger partial charge on any atom is 0.174 e. The smallest absolute Gasteiger partial charge is 0.174 e. The maximum absolute atomic E-state index is 6.66. The van der Waals surface area contributed by atoms with Crippen LogP contribution in [0.2, 0.25) is 5.02 Å². The summed E-state index contributed by atoms with van der Waals surface area (Å²) in [4.78, 5) is 6.83. The zero-order valence-corrected chi connectivity index (χ0v) is 23.5. The van der Waals surface area contributed by atoms with Crippen molar-refractivity contribution in [1.82, 2.24) is 14.9 Å². The highest BCUT2D eigenvalue weighted by atomic mass is 35.5. The van der Waals surface area contributed by atoms with Gasteiger partial charge in [-0.15, -0.1) is 0 Å². The van der Waals surface area contributed by atoms with Gasteiger partial charge in [0.1, 0.15) is 12.4 Å². The van der Waals surface area contributed by atoms with Crippen molar-refractivity contribution in [3.63, 3.8) is 0 Å². The standard InChI is InChI=1S/C30H31ClN4O2S/c1-19-8-10-22(11-9-19)34-20(2)17-24(21(34)3)29-28(26-7-5-6-14-32-26)33-30(38)35(29)23-12-13-27(25(31)18-23)37-16-15-36-4/h5-14,17-18,28-29H,15-16H2,1-4H3,(H,33,38)/t28-,29+/m0/s1. The topological polar surface area (TPSA) is 51.6 Å². The van der Waals surface area contributed by atoms with Gasteiger partial charge in [-0.2, -0.15) is 0 Å². The molecular formula is C30H31ClN4O2S. The monoisotopic (exact) mass is 546 g/mol. The minimum absolute atomic E-state index is 0.140. The normalized spacial score (nSPS) is 17.1. The van der Waals surface area contributed by atoms with Crippen LogP contribution in [0.4, 0.5) is 5.69 Å². The van der Waals surface area contributed by atoms with E-state index in [1.165, 1.54) is 11.1 Å². The minimum Gasteiger partial charge on any atom is -0.490 e. The number of nitrogens with one attached hydrogen (secondary N) is 1. The molecule has 0 bridgehead atoms. The lowest BCUT2D eigenvalue weighted by atomic mass is 9.96. The molecule has 1 saturated heterocycles. The van der Waals surface area contributed by atoms with Gasteiger partial charge in [0.15, 0.2) is 5.11 Å². The summed E-state index contributed by atoms with van der Waals surface area (Å²) in [6.07, 6.45) is 1.82. The van der Waals surface area contributed by atoms with Crippen molar-refractivity contribution in [1.29, 1.82) is 0 Å².